The molecular formula is C21H36Cl2N2O2. The highest BCUT2D eigenvalue weighted by Crippen LogP contribution is 2.40. The van der Waals surface area contributed by atoms with E-state index < -0.39 is 0 Å². The molecule has 0 aliphatic carbocycles. The fourth-order valence-corrected chi connectivity index (χ4v) is 4.27. The molecule has 156 valence electrons. The summed E-state index contributed by atoms with van der Waals surface area (Å²) < 4.78 is 6.38. The number of phenolic OH excluding ortho intramolecular Hbond substituents is 1. The number of halogens is 2. The first-order chi connectivity index (χ1) is 12.0. The lowest BCUT2D eigenvalue weighted by Gasteiger charge is -2.40. The Morgan fingerprint density at radius 3 is 2.48 bits per heavy atom. The second-order valence-corrected chi connectivity index (χ2v) is 8.26. The van der Waals surface area contributed by atoms with Gasteiger partial charge in [-0.2, -0.15) is 0 Å². The molecule has 0 radical (unpaired) electrons. The topological polar surface area (TPSA) is 58.7 Å². The molecular weight excluding hydrogens is 383 g/mol. The largest absolute Gasteiger partial charge is 0.507 e. The third-order valence-electron chi connectivity index (χ3n) is 6.01. The summed E-state index contributed by atoms with van der Waals surface area (Å²) in [4.78, 5) is 2.59. The van der Waals surface area contributed by atoms with E-state index in [2.05, 4.69) is 24.8 Å². The zero-order valence-corrected chi connectivity index (χ0v) is 18.5. The minimum absolute atomic E-state index is 0. The van der Waals surface area contributed by atoms with Gasteiger partial charge in [-0.25, -0.2) is 0 Å². The first-order valence-electron chi connectivity index (χ1n) is 9.88. The molecule has 4 nitrogen and oxygen atoms in total. The highest BCUT2D eigenvalue weighted by Gasteiger charge is 2.35. The summed E-state index contributed by atoms with van der Waals surface area (Å²) in [5, 5.41) is 10.5. The number of hydrogen-bond donors (Lipinski definition) is 2. The normalized spacial score (nSPS) is 23.4. The molecule has 1 aromatic rings. The molecule has 2 aliphatic rings. The van der Waals surface area contributed by atoms with E-state index in [1.54, 1.807) is 0 Å². The summed E-state index contributed by atoms with van der Waals surface area (Å²) in [6, 6.07) is 4.04. The van der Waals surface area contributed by atoms with Crippen molar-refractivity contribution < 1.29 is 9.84 Å². The van der Waals surface area contributed by atoms with Gasteiger partial charge in [-0.1, -0.05) is 26.0 Å². The molecule has 0 amide bonds. The van der Waals surface area contributed by atoms with Crippen molar-refractivity contribution in [2.24, 2.45) is 17.6 Å². The lowest BCUT2D eigenvalue weighted by Crippen LogP contribution is -2.42. The van der Waals surface area contributed by atoms with Gasteiger partial charge >= 0.3 is 0 Å². The maximum absolute atomic E-state index is 10.5. The third kappa shape index (κ3) is 5.74. The van der Waals surface area contributed by atoms with E-state index >= 15 is 0 Å². The van der Waals surface area contributed by atoms with E-state index in [9.17, 15) is 5.11 Å². The summed E-state index contributed by atoms with van der Waals surface area (Å²) in [5.74, 6) is 1.78. The van der Waals surface area contributed by atoms with Gasteiger partial charge < -0.3 is 20.5 Å². The van der Waals surface area contributed by atoms with Crippen LogP contribution in [0.5, 0.6) is 5.75 Å². The Morgan fingerprint density at radius 2 is 1.89 bits per heavy atom. The van der Waals surface area contributed by atoms with Gasteiger partial charge in [-0.15, -0.1) is 24.8 Å². The second kappa shape index (κ2) is 10.9. The van der Waals surface area contributed by atoms with Crippen molar-refractivity contribution in [2.45, 2.75) is 58.7 Å². The van der Waals surface area contributed by atoms with E-state index in [0.29, 0.717) is 18.2 Å². The molecule has 0 spiro atoms. The van der Waals surface area contributed by atoms with Gasteiger partial charge in [0, 0.05) is 18.5 Å². The van der Waals surface area contributed by atoms with Crippen molar-refractivity contribution in [2.75, 3.05) is 26.2 Å². The summed E-state index contributed by atoms with van der Waals surface area (Å²) in [6.45, 7) is 10.6. The number of phenols is 1. The zero-order chi connectivity index (χ0) is 18.0. The van der Waals surface area contributed by atoms with Crippen molar-refractivity contribution >= 4 is 24.8 Å². The van der Waals surface area contributed by atoms with Crippen LogP contribution in [-0.4, -0.2) is 42.3 Å². The SMILES string of the molecule is Cc1ccc2c(c1O)C[C@@H](C1CCN(CCC(C)C)CC1)O[C@H]2CN.Cl.Cl. The number of hydrogen-bond acceptors (Lipinski definition) is 4. The van der Waals surface area contributed by atoms with E-state index in [1.807, 2.05) is 13.0 Å². The Labute approximate surface area is 176 Å². The van der Waals surface area contributed by atoms with E-state index in [0.717, 1.165) is 42.1 Å². The van der Waals surface area contributed by atoms with Gasteiger partial charge in [-0.3, -0.25) is 0 Å². The number of fused-ring (bicyclic) bond motifs is 1. The number of benzene rings is 1. The average Bonchev–Trinajstić information content (AvgIpc) is 2.62. The van der Waals surface area contributed by atoms with Crippen LogP contribution in [0.3, 0.4) is 0 Å². The van der Waals surface area contributed by atoms with Gasteiger partial charge in [0.2, 0.25) is 0 Å². The Hall–Kier alpha value is -0.520. The number of likely N-dealkylation sites (tertiary alicyclic amines) is 1. The molecule has 1 fully saturated rings. The summed E-state index contributed by atoms with van der Waals surface area (Å²) in [6.07, 6.45) is 4.56. The fraction of sp³-hybridized carbons (Fsp3) is 0.714. The third-order valence-corrected chi connectivity index (χ3v) is 6.01. The van der Waals surface area contributed by atoms with Crippen LogP contribution in [0.4, 0.5) is 0 Å². The van der Waals surface area contributed by atoms with Gasteiger partial charge in [0.25, 0.3) is 0 Å². The van der Waals surface area contributed by atoms with Crippen molar-refractivity contribution in [1.82, 2.24) is 4.90 Å². The van der Waals surface area contributed by atoms with Gasteiger partial charge in [0.05, 0.1) is 12.2 Å². The van der Waals surface area contributed by atoms with Crippen LogP contribution in [0.2, 0.25) is 0 Å². The van der Waals surface area contributed by atoms with Crippen LogP contribution >= 0.6 is 24.8 Å². The average molecular weight is 419 g/mol. The van der Waals surface area contributed by atoms with Crippen molar-refractivity contribution in [3.05, 3.63) is 28.8 Å². The quantitative estimate of drug-likeness (QED) is 0.750. The Morgan fingerprint density at radius 1 is 1.22 bits per heavy atom. The molecule has 0 aromatic heterocycles. The zero-order valence-electron chi connectivity index (χ0n) is 16.8. The van der Waals surface area contributed by atoms with Crippen LogP contribution in [0, 0.1) is 18.8 Å². The van der Waals surface area contributed by atoms with E-state index in [1.165, 1.54) is 25.8 Å². The number of rotatable bonds is 5. The number of piperidine rings is 1. The molecule has 3 rings (SSSR count). The molecule has 1 aromatic carbocycles. The maximum atomic E-state index is 10.5. The molecule has 3 N–H and O–H groups in total. The number of nitrogens with two attached hydrogens (primary N) is 1. The standard InChI is InChI=1S/C21H34N2O2.2ClH/c1-14(2)6-9-23-10-7-16(8-11-23)19-12-18-17(20(13-22)25-19)5-4-15(3)21(18)24;;/h4-5,14,16,19-20,24H,6-13,22H2,1-3H3;2*1H/t19-,20-;;/m0../s1. The first-order valence-corrected chi connectivity index (χ1v) is 9.88. The number of nitrogens with zero attached hydrogens (tertiary/aromatic N) is 1. The summed E-state index contributed by atoms with van der Waals surface area (Å²) in [7, 11) is 0. The monoisotopic (exact) mass is 418 g/mol. The Bertz CT molecular complexity index is 590. The van der Waals surface area contributed by atoms with Gasteiger partial charge in [0.1, 0.15) is 5.75 Å². The molecule has 0 unspecified atom stereocenters. The predicted molar refractivity (Wildman–Crippen MR) is 116 cm³/mol. The molecule has 6 heteroatoms. The molecule has 27 heavy (non-hydrogen) atoms. The smallest absolute Gasteiger partial charge is 0.122 e. The second-order valence-electron chi connectivity index (χ2n) is 8.26. The number of aryl methyl sites for hydroxylation is 1. The predicted octanol–water partition coefficient (Wildman–Crippen LogP) is 4.24. The molecule has 0 bridgehead atoms. The van der Waals surface area contributed by atoms with Crippen molar-refractivity contribution in [3.63, 3.8) is 0 Å². The number of ether oxygens (including phenoxy) is 1. The van der Waals surface area contributed by atoms with E-state index in [4.69, 9.17) is 10.5 Å². The maximum Gasteiger partial charge on any atom is 0.122 e. The van der Waals surface area contributed by atoms with Crippen LogP contribution in [0.25, 0.3) is 0 Å². The van der Waals surface area contributed by atoms with Gasteiger partial charge in [-0.05, 0) is 68.8 Å². The van der Waals surface area contributed by atoms with Crippen LogP contribution in [0.1, 0.15) is 55.9 Å². The van der Waals surface area contributed by atoms with Crippen molar-refractivity contribution in [3.8, 4) is 5.75 Å². The fourth-order valence-electron chi connectivity index (χ4n) is 4.27. The highest BCUT2D eigenvalue weighted by atomic mass is 35.5. The Kier molecular flexibility index (Phi) is 9.87. The summed E-state index contributed by atoms with van der Waals surface area (Å²) in [5.41, 5.74) is 9.06. The van der Waals surface area contributed by atoms with Crippen molar-refractivity contribution in [1.29, 1.82) is 0 Å². The molecule has 1 saturated heterocycles. The Balaban J connectivity index is 0.00000182. The lowest BCUT2D eigenvalue weighted by atomic mass is 9.83. The van der Waals surface area contributed by atoms with Crippen LogP contribution < -0.4 is 5.73 Å². The molecule has 0 saturated carbocycles. The minimum Gasteiger partial charge on any atom is -0.507 e. The van der Waals surface area contributed by atoms with E-state index in [-0.39, 0.29) is 37.0 Å². The summed E-state index contributed by atoms with van der Waals surface area (Å²) >= 11 is 0. The highest BCUT2D eigenvalue weighted by molar-refractivity contribution is 5.85. The molecule has 2 heterocycles. The number of aromatic hydroxyl groups is 1. The van der Waals surface area contributed by atoms with Gasteiger partial charge in [0.15, 0.2) is 0 Å². The van der Waals surface area contributed by atoms with Crippen LogP contribution in [0.15, 0.2) is 12.1 Å². The molecule has 2 aliphatic heterocycles. The lowest BCUT2D eigenvalue weighted by molar-refractivity contribution is -0.0648. The van der Waals surface area contributed by atoms with Crippen LogP contribution in [-0.2, 0) is 11.2 Å². The molecule has 2 atom stereocenters. The first kappa shape index (κ1) is 24.5. The minimum atomic E-state index is -0.0841.